The molecule has 312 valence electrons. The van der Waals surface area contributed by atoms with Crippen LogP contribution in [0.15, 0.2) is 77.6 Å². The third-order valence-corrected chi connectivity index (χ3v) is 10.00. The zero-order valence-electron chi connectivity index (χ0n) is 32.3. The number of likely N-dealkylation sites (N-methyl/N-ethyl adjacent to an activating group) is 1. The number of hydrogen-bond donors (Lipinski definition) is 4. The maximum atomic E-state index is 14.1. The van der Waals surface area contributed by atoms with E-state index in [1.165, 1.54) is 24.3 Å². The number of nitrogens with zero attached hydrogens (tertiary/aromatic N) is 4. The molecule has 2 atom stereocenters. The summed E-state index contributed by atoms with van der Waals surface area (Å²) in [5.41, 5.74) is 4.04. The fourth-order valence-electron chi connectivity index (χ4n) is 6.61. The summed E-state index contributed by atoms with van der Waals surface area (Å²) in [6.45, 7) is 7.54. The number of aromatic nitrogens is 2. The number of aliphatic carboxylic acids is 2. The summed E-state index contributed by atoms with van der Waals surface area (Å²) >= 11 is 0. The van der Waals surface area contributed by atoms with Crippen LogP contribution in [0.3, 0.4) is 0 Å². The standard InChI is InChI=1S/C38H42F4N4O2.C4H6O6/c1-3-44(4-2)23-24-45(25-28-11-15-29(16-12-28)30-17-19-31(20-18-30)38(40,41)42)36(47)26-46-34-9-6-8-33(34)37(48)43-35(46)10-5-7-27-13-21-32(39)22-14-27;5-1(3(7)8)2(6)4(9)10/h11-22H,3-10,23-26H2,1-2H3;1-2,5-6H,(H,7,8)(H,9,10). The lowest BCUT2D eigenvalue weighted by molar-refractivity contribution is -0.165. The first-order valence-corrected chi connectivity index (χ1v) is 19.0. The number of hydrogen-bond acceptors (Lipinski definition) is 8. The molecular weight excluding hydrogens is 764 g/mol. The first kappa shape index (κ1) is 45.3. The second-order valence-electron chi connectivity index (χ2n) is 13.9. The van der Waals surface area contributed by atoms with Crippen LogP contribution in [0, 0.1) is 5.82 Å². The highest BCUT2D eigenvalue weighted by Gasteiger charge is 2.31. The van der Waals surface area contributed by atoms with Crippen LogP contribution in [-0.4, -0.2) is 96.0 Å². The third-order valence-electron chi connectivity index (χ3n) is 10.00. The van der Waals surface area contributed by atoms with E-state index in [1.807, 2.05) is 33.7 Å². The maximum Gasteiger partial charge on any atom is 0.416 e. The fraction of sp³-hybridized carbons (Fsp3) is 0.405. The number of aryl methyl sites for hydroxylation is 2. The minimum Gasteiger partial charge on any atom is -0.479 e. The van der Waals surface area contributed by atoms with Crippen molar-refractivity contribution in [1.29, 1.82) is 0 Å². The predicted octanol–water partition coefficient (Wildman–Crippen LogP) is 4.98. The summed E-state index contributed by atoms with van der Waals surface area (Å²) in [5.74, 6) is -3.30. The molecule has 12 nitrogen and oxygen atoms in total. The molecular formula is C42H48F4N4O8. The van der Waals surface area contributed by atoms with E-state index in [1.54, 1.807) is 12.1 Å². The van der Waals surface area contributed by atoms with E-state index >= 15 is 0 Å². The first-order valence-electron chi connectivity index (χ1n) is 19.0. The van der Waals surface area contributed by atoms with Gasteiger partial charge in [-0.3, -0.25) is 9.59 Å². The van der Waals surface area contributed by atoms with E-state index in [9.17, 15) is 36.7 Å². The molecule has 0 radical (unpaired) electrons. The van der Waals surface area contributed by atoms with E-state index in [-0.39, 0.29) is 23.8 Å². The van der Waals surface area contributed by atoms with Gasteiger partial charge in [0.2, 0.25) is 5.91 Å². The second-order valence-corrected chi connectivity index (χ2v) is 13.9. The van der Waals surface area contributed by atoms with Gasteiger partial charge in [0.25, 0.3) is 5.56 Å². The smallest absolute Gasteiger partial charge is 0.416 e. The van der Waals surface area contributed by atoms with Crippen molar-refractivity contribution in [2.75, 3.05) is 26.2 Å². The molecule has 0 fully saturated rings. The Kier molecular flexibility index (Phi) is 16.2. The molecule has 1 amide bonds. The van der Waals surface area contributed by atoms with Gasteiger partial charge in [0.1, 0.15) is 18.2 Å². The highest BCUT2D eigenvalue weighted by Crippen LogP contribution is 2.31. The van der Waals surface area contributed by atoms with Crippen LogP contribution in [0.2, 0.25) is 0 Å². The van der Waals surface area contributed by atoms with E-state index < -0.39 is 35.9 Å². The van der Waals surface area contributed by atoms with Crippen molar-refractivity contribution in [2.24, 2.45) is 0 Å². The predicted molar refractivity (Wildman–Crippen MR) is 206 cm³/mol. The fourth-order valence-corrected chi connectivity index (χ4v) is 6.61. The Labute approximate surface area is 333 Å². The summed E-state index contributed by atoms with van der Waals surface area (Å²) in [7, 11) is 0. The van der Waals surface area contributed by atoms with Crippen LogP contribution in [0.1, 0.15) is 60.5 Å². The quantitative estimate of drug-likeness (QED) is 0.107. The van der Waals surface area contributed by atoms with E-state index in [2.05, 4.69) is 23.7 Å². The number of aliphatic hydroxyl groups excluding tert-OH is 2. The van der Waals surface area contributed by atoms with Gasteiger partial charge in [-0.15, -0.1) is 0 Å². The number of alkyl halides is 3. The van der Waals surface area contributed by atoms with E-state index in [4.69, 9.17) is 20.4 Å². The van der Waals surface area contributed by atoms with Crippen LogP contribution < -0.4 is 5.56 Å². The largest absolute Gasteiger partial charge is 0.479 e. The summed E-state index contributed by atoms with van der Waals surface area (Å²) in [4.78, 5) is 55.1. The molecule has 4 N–H and O–H groups in total. The van der Waals surface area contributed by atoms with Gasteiger partial charge in [0.05, 0.1) is 5.56 Å². The molecule has 16 heteroatoms. The van der Waals surface area contributed by atoms with E-state index in [0.29, 0.717) is 62.3 Å². The zero-order valence-corrected chi connectivity index (χ0v) is 32.3. The molecule has 1 heterocycles. The Bertz CT molecular complexity index is 2030. The molecule has 0 spiro atoms. The van der Waals surface area contributed by atoms with Gasteiger partial charge in [-0.1, -0.05) is 62.4 Å². The molecule has 0 saturated carbocycles. The lowest BCUT2D eigenvalue weighted by atomic mass is 10.0. The van der Waals surface area contributed by atoms with Gasteiger partial charge < -0.3 is 34.8 Å². The van der Waals surface area contributed by atoms with Crippen LogP contribution >= 0.6 is 0 Å². The van der Waals surface area contributed by atoms with Gasteiger partial charge >= 0.3 is 18.1 Å². The Morgan fingerprint density at radius 3 is 1.88 bits per heavy atom. The molecule has 0 bridgehead atoms. The van der Waals surface area contributed by atoms with Crippen molar-refractivity contribution in [1.82, 2.24) is 19.4 Å². The SMILES string of the molecule is CCN(CC)CCN(Cc1ccc(-c2ccc(C(F)(F)F)cc2)cc1)C(=O)Cn1c(CCCc2ccc(F)cc2)nc(=O)c2c1CCC2.O=C(O)C(O)C(O)C(=O)O. The average molecular weight is 813 g/mol. The number of aliphatic hydroxyl groups is 2. The Morgan fingerprint density at radius 1 is 0.793 bits per heavy atom. The molecule has 3 aromatic carbocycles. The van der Waals surface area contributed by atoms with Crippen molar-refractivity contribution in [3.8, 4) is 11.1 Å². The molecule has 1 aliphatic rings. The molecule has 0 saturated heterocycles. The summed E-state index contributed by atoms with van der Waals surface area (Å²) in [6, 6.07) is 19.0. The summed E-state index contributed by atoms with van der Waals surface area (Å²) in [5, 5.41) is 32.5. The van der Waals surface area contributed by atoms with Crippen molar-refractivity contribution < 1.29 is 52.4 Å². The molecule has 2 unspecified atom stereocenters. The number of benzene rings is 3. The molecule has 4 aromatic rings. The zero-order chi connectivity index (χ0) is 42.6. The Morgan fingerprint density at radius 2 is 1.34 bits per heavy atom. The Hall–Kier alpha value is -5.45. The second kappa shape index (κ2) is 20.8. The van der Waals surface area contributed by atoms with Crippen molar-refractivity contribution in [2.45, 2.75) is 83.8 Å². The van der Waals surface area contributed by atoms with Crippen LogP contribution in [-0.2, 0) is 59.3 Å². The topological polar surface area (TPSA) is 174 Å². The Balaban J connectivity index is 0.000000657. The third kappa shape index (κ3) is 12.5. The summed E-state index contributed by atoms with van der Waals surface area (Å²) < 4.78 is 54.4. The first-order chi connectivity index (χ1) is 27.5. The maximum absolute atomic E-state index is 14.1. The highest BCUT2D eigenvalue weighted by molar-refractivity contribution is 5.83. The van der Waals surface area contributed by atoms with E-state index in [0.717, 1.165) is 60.4 Å². The number of fused-ring (bicyclic) bond motifs is 1. The number of carboxylic acids is 2. The number of halogens is 4. The normalized spacial score (nSPS) is 13.3. The van der Waals surface area contributed by atoms with Crippen LogP contribution in [0.25, 0.3) is 11.1 Å². The number of carbonyl (C=O) groups excluding carboxylic acids is 1. The number of amides is 1. The molecule has 5 rings (SSSR count). The summed E-state index contributed by atoms with van der Waals surface area (Å²) in [6.07, 6.45) is -4.80. The number of rotatable bonds is 17. The number of carboxylic acid groups (broad SMARTS) is 2. The average Bonchev–Trinajstić information content (AvgIpc) is 3.70. The lowest BCUT2D eigenvalue weighted by Gasteiger charge is -2.28. The van der Waals surface area contributed by atoms with Crippen molar-refractivity contribution >= 4 is 17.8 Å². The number of carbonyl (C=O) groups is 3. The van der Waals surface area contributed by atoms with Crippen LogP contribution in [0.5, 0.6) is 0 Å². The van der Waals surface area contributed by atoms with Gasteiger partial charge in [-0.05, 0) is 91.7 Å². The molecule has 1 aliphatic carbocycles. The lowest BCUT2D eigenvalue weighted by Crippen LogP contribution is -2.40. The minimum absolute atomic E-state index is 0.0728. The monoisotopic (exact) mass is 812 g/mol. The van der Waals surface area contributed by atoms with Crippen molar-refractivity contribution in [3.05, 3.63) is 123 Å². The molecule has 58 heavy (non-hydrogen) atoms. The van der Waals surface area contributed by atoms with Gasteiger partial charge in [-0.2, -0.15) is 18.2 Å². The van der Waals surface area contributed by atoms with Crippen LogP contribution in [0.4, 0.5) is 17.6 Å². The minimum atomic E-state index is -4.39. The molecule has 0 aliphatic heterocycles. The highest BCUT2D eigenvalue weighted by atomic mass is 19.4. The van der Waals surface area contributed by atoms with Gasteiger partial charge in [0.15, 0.2) is 12.2 Å². The van der Waals surface area contributed by atoms with Crippen molar-refractivity contribution in [3.63, 3.8) is 0 Å². The van der Waals surface area contributed by atoms with Gasteiger partial charge in [0, 0.05) is 37.3 Å². The molecule has 1 aromatic heterocycles. The van der Waals surface area contributed by atoms with Gasteiger partial charge in [-0.25, -0.2) is 14.0 Å².